The van der Waals surface area contributed by atoms with Crippen molar-refractivity contribution in [2.45, 2.75) is 12.8 Å². The van der Waals surface area contributed by atoms with Gasteiger partial charge in [0.25, 0.3) is 0 Å². The van der Waals surface area contributed by atoms with Crippen molar-refractivity contribution in [3.63, 3.8) is 0 Å². The Kier molecular flexibility index (Phi) is 5.39. The minimum Gasteiger partial charge on any atom is -0.379 e. The summed E-state index contributed by atoms with van der Waals surface area (Å²) in [7, 11) is 0. The molecule has 0 N–H and O–H groups in total. The molecule has 122 valence electrons. The molecule has 5 heteroatoms. The number of likely N-dealkylation sites (tertiary alicyclic amines) is 1. The first kappa shape index (κ1) is 15.8. The van der Waals surface area contributed by atoms with Crippen LogP contribution in [0.3, 0.4) is 0 Å². The van der Waals surface area contributed by atoms with E-state index in [4.69, 9.17) is 9.47 Å². The van der Waals surface area contributed by atoms with E-state index < -0.39 is 11.6 Å². The van der Waals surface area contributed by atoms with Crippen molar-refractivity contribution >= 4 is 0 Å². The van der Waals surface area contributed by atoms with Crippen LogP contribution in [0.1, 0.15) is 12.0 Å². The summed E-state index contributed by atoms with van der Waals surface area (Å²) < 4.78 is 37.6. The van der Waals surface area contributed by atoms with Gasteiger partial charge in [0.05, 0.1) is 26.4 Å². The number of hydrogen-bond donors (Lipinski definition) is 0. The lowest BCUT2D eigenvalue weighted by Crippen LogP contribution is -2.31. The van der Waals surface area contributed by atoms with Crippen LogP contribution >= 0.6 is 0 Å². The zero-order valence-electron chi connectivity index (χ0n) is 12.8. The van der Waals surface area contributed by atoms with Gasteiger partial charge in [-0.2, -0.15) is 0 Å². The van der Waals surface area contributed by atoms with E-state index in [0.717, 1.165) is 57.3 Å². The Balaban J connectivity index is 1.49. The Morgan fingerprint density at radius 1 is 1.00 bits per heavy atom. The summed E-state index contributed by atoms with van der Waals surface area (Å²) in [5.74, 6) is -0.0862. The molecular formula is C17H23F2NO2. The lowest BCUT2D eigenvalue weighted by Gasteiger charge is -2.22. The molecule has 3 rings (SSSR count). The summed E-state index contributed by atoms with van der Waals surface area (Å²) in [6.45, 7) is 5.89. The van der Waals surface area contributed by atoms with Gasteiger partial charge in [0.2, 0.25) is 0 Å². The maximum atomic E-state index is 13.2. The van der Waals surface area contributed by atoms with E-state index in [-0.39, 0.29) is 0 Å². The maximum Gasteiger partial charge on any atom is 0.126 e. The first-order valence-electron chi connectivity index (χ1n) is 8.02. The lowest BCUT2D eigenvalue weighted by molar-refractivity contribution is 0.103. The molecule has 3 nitrogen and oxygen atoms in total. The van der Waals surface area contributed by atoms with E-state index >= 15 is 0 Å². The van der Waals surface area contributed by atoms with Crippen molar-refractivity contribution in [3.8, 4) is 0 Å². The topological polar surface area (TPSA) is 21.7 Å². The number of halogens is 2. The fourth-order valence-corrected chi connectivity index (χ4v) is 3.44. The molecule has 22 heavy (non-hydrogen) atoms. The van der Waals surface area contributed by atoms with Gasteiger partial charge in [0.15, 0.2) is 0 Å². The van der Waals surface area contributed by atoms with Crippen LogP contribution in [0.25, 0.3) is 0 Å². The molecule has 1 unspecified atom stereocenters. The van der Waals surface area contributed by atoms with Crippen LogP contribution in [0, 0.1) is 23.5 Å². The summed E-state index contributed by atoms with van der Waals surface area (Å²) in [6.07, 6.45) is 1.81. The fourth-order valence-electron chi connectivity index (χ4n) is 3.44. The van der Waals surface area contributed by atoms with Crippen LogP contribution in [0.2, 0.25) is 0 Å². The van der Waals surface area contributed by atoms with Crippen LogP contribution in [0.5, 0.6) is 0 Å². The minimum atomic E-state index is -0.488. The first-order valence-corrected chi connectivity index (χ1v) is 8.02. The zero-order chi connectivity index (χ0) is 15.4. The van der Waals surface area contributed by atoms with E-state index in [2.05, 4.69) is 4.90 Å². The van der Waals surface area contributed by atoms with Crippen molar-refractivity contribution in [3.05, 3.63) is 35.4 Å². The van der Waals surface area contributed by atoms with E-state index in [9.17, 15) is 8.78 Å². The van der Waals surface area contributed by atoms with Crippen LogP contribution in [0.15, 0.2) is 18.2 Å². The van der Waals surface area contributed by atoms with Gasteiger partial charge in [-0.15, -0.1) is 0 Å². The van der Waals surface area contributed by atoms with Gasteiger partial charge in [-0.25, -0.2) is 8.78 Å². The molecule has 0 amide bonds. The van der Waals surface area contributed by atoms with Gasteiger partial charge in [-0.3, -0.25) is 0 Å². The summed E-state index contributed by atoms with van der Waals surface area (Å²) >= 11 is 0. The molecule has 1 aromatic carbocycles. The number of ether oxygens (including phenoxy) is 2. The highest BCUT2D eigenvalue weighted by molar-refractivity contribution is 5.18. The van der Waals surface area contributed by atoms with Gasteiger partial charge in [-0.05, 0) is 43.0 Å². The highest BCUT2D eigenvalue weighted by atomic mass is 19.1. The number of benzene rings is 1. The summed E-state index contributed by atoms with van der Waals surface area (Å²) in [5, 5.41) is 0. The van der Waals surface area contributed by atoms with Crippen molar-refractivity contribution in [2.24, 2.45) is 11.8 Å². The fraction of sp³-hybridized carbons (Fsp3) is 0.647. The van der Waals surface area contributed by atoms with E-state index in [1.165, 1.54) is 12.1 Å². The molecule has 0 aromatic heterocycles. The lowest BCUT2D eigenvalue weighted by atomic mass is 9.98. The SMILES string of the molecule is Fc1cc(F)cc(CC2CCN(CC3COCCOC3)C2)c1. The molecule has 0 radical (unpaired) electrons. The first-order chi connectivity index (χ1) is 10.7. The molecule has 0 saturated carbocycles. The molecular weight excluding hydrogens is 288 g/mol. The smallest absolute Gasteiger partial charge is 0.126 e. The molecule has 0 aliphatic carbocycles. The molecule has 0 spiro atoms. The third kappa shape index (κ3) is 4.48. The zero-order valence-corrected chi connectivity index (χ0v) is 12.8. The average molecular weight is 311 g/mol. The van der Waals surface area contributed by atoms with Crippen LogP contribution in [-0.4, -0.2) is 51.0 Å². The van der Waals surface area contributed by atoms with Gasteiger partial charge in [-0.1, -0.05) is 0 Å². The highest BCUT2D eigenvalue weighted by Crippen LogP contribution is 2.23. The molecule has 1 aromatic rings. The minimum absolute atomic E-state index is 0.424. The van der Waals surface area contributed by atoms with Gasteiger partial charge >= 0.3 is 0 Å². The third-order valence-corrected chi connectivity index (χ3v) is 4.41. The van der Waals surface area contributed by atoms with Crippen LogP contribution in [0.4, 0.5) is 8.78 Å². The quantitative estimate of drug-likeness (QED) is 0.853. The molecule has 2 saturated heterocycles. The molecule has 2 fully saturated rings. The van der Waals surface area contributed by atoms with Crippen LogP contribution < -0.4 is 0 Å². The largest absolute Gasteiger partial charge is 0.379 e. The number of hydrogen-bond acceptors (Lipinski definition) is 3. The second-order valence-electron chi connectivity index (χ2n) is 6.41. The normalized spacial score (nSPS) is 24.5. The molecule has 1 atom stereocenters. The molecule has 0 bridgehead atoms. The monoisotopic (exact) mass is 311 g/mol. The van der Waals surface area contributed by atoms with Gasteiger partial charge in [0, 0.05) is 25.1 Å². The number of nitrogens with zero attached hydrogens (tertiary/aromatic N) is 1. The predicted octanol–water partition coefficient (Wildman–Crippen LogP) is 2.49. The summed E-state index contributed by atoms with van der Waals surface area (Å²) in [5.41, 5.74) is 0.755. The second kappa shape index (κ2) is 7.49. The Hall–Kier alpha value is -1.04. The van der Waals surface area contributed by atoms with Gasteiger partial charge < -0.3 is 14.4 Å². The second-order valence-corrected chi connectivity index (χ2v) is 6.41. The maximum absolute atomic E-state index is 13.2. The number of rotatable bonds is 4. The van der Waals surface area contributed by atoms with Crippen molar-refractivity contribution < 1.29 is 18.3 Å². The summed E-state index contributed by atoms with van der Waals surface area (Å²) in [6, 6.07) is 3.81. The Bertz CT molecular complexity index is 469. The molecule has 2 aliphatic rings. The van der Waals surface area contributed by atoms with Crippen molar-refractivity contribution in [2.75, 3.05) is 46.1 Å². The highest BCUT2D eigenvalue weighted by Gasteiger charge is 2.26. The standard InChI is InChI=1S/C17H23F2NO2/c18-16-6-14(7-17(19)8-16)5-13-1-2-20(9-13)10-15-11-21-3-4-22-12-15/h6-8,13,15H,1-5,9-12H2. The Morgan fingerprint density at radius 3 is 2.36 bits per heavy atom. The van der Waals surface area contributed by atoms with Crippen molar-refractivity contribution in [1.82, 2.24) is 4.90 Å². The Morgan fingerprint density at radius 2 is 1.68 bits per heavy atom. The van der Waals surface area contributed by atoms with E-state index in [0.29, 0.717) is 25.0 Å². The average Bonchev–Trinajstić information content (AvgIpc) is 2.72. The van der Waals surface area contributed by atoms with E-state index in [1.807, 2.05) is 0 Å². The van der Waals surface area contributed by atoms with E-state index in [1.54, 1.807) is 0 Å². The third-order valence-electron chi connectivity index (χ3n) is 4.41. The van der Waals surface area contributed by atoms with Crippen molar-refractivity contribution in [1.29, 1.82) is 0 Å². The predicted molar refractivity (Wildman–Crippen MR) is 79.7 cm³/mol. The molecule has 2 aliphatic heterocycles. The summed E-state index contributed by atoms with van der Waals surface area (Å²) in [4.78, 5) is 2.42. The van der Waals surface area contributed by atoms with Crippen LogP contribution in [-0.2, 0) is 15.9 Å². The Labute approximate surface area is 130 Å². The molecule has 2 heterocycles. The van der Waals surface area contributed by atoms with Gasteiger partial charge in [0.1, 0.15) is 11.6 Å².